The first-order valence-electron chi connectivity index (χ1n) is 10.4. The van der Waals surface area contributed by atoms with Crippen LogP contribution in [0, 0.1) is 0 Å². The molecule has 2 aromatic carbocycles. The van der Waals surface area contributed by atoms with Crippen LogP contribution >= 0.6 is 0 Å². The van der Waals surface area contributed by atoms with E-state index in [0.29, 0.717) is 42.9 Å². The quantitative estimate of drug-likeness (QED) is 0.618. The lowest BCUT2D eigenvalue weighted by atomic mass is 10.0. The second-order valence-electron chi connectivity index (χ2n) is 7.81. The van der Waals surface area contributed by atoms with Crippen molar-refractivity contribution < 1.29 is 17.9 Å². The minimum atomic E-state index is -3.21. The lowest BCUT2D eigenvalue weighted by molar-refractivity contribution is 0.0924. The van der Waals surface area contributed by atoms with Crippen molar-refractivity contribution in [3.8, 4) is 22.7 Å². The van der Waals surface area contributed by atoms with E-state index in [1.165, 1.54) is 10.6 Å². The molecule has 1 saturated heterocycles. The molecule has 0 spiro atoms. The molecule has 0 radical (unpaired) electrons. The van der Waals surface area contributed by atoms with Gasteiger partial charge in [0.1, 0.15) is 11.4 Å². The SMILES string of the molecule is COc1cccc(-c2nn(-c3ccccc3)cc2C(=O)NC2CCN(S(C)(=O)=O)CC2)c1. The molecule has 1 aliphatic heterocycles. The summed E-state index contributed by atoms with van der Waals surface area (Å²) in [5.41, 5.74) is 2.62. The van der Waals surface area contributed by atoms with Crippen LogP contribution in [0.5, 0.6) is 5.75 Å². The molecule has 1 aromatic heterocycles. The molecule has 4 rings (SSSR count). The maximum atomic E-state index is 13.3. The molecule has 8 nitrogen and oxygen atoms in total. The molecule has 1 aliphatic rings. The number of carbonyl (C=O) groups is 1. The van der Waals surface area contributed by atoms with Crippen LogP contribution in [0.2, 0.25) is 0 Å². The maximum absolute atomic E-state index is 13.3. The van der Waals surface area contributed by atoms with Crippen molar-refractivity contribution in [3.63, 3.8) is 0 Å². The summed E-state index contributed by atoms with van der Waals surface area (Å²) in [5.74, 6) is 0.444. The Labute approximate surface area is 187 Å². The molecule has 1 amide bonds. The number of amides is 1. The van der Waals surface area contributed by atoms with E-state index in [1.54, 1.807) is 18.0 Å². The number of carbonyl (C=O) groups excluding carboxylic acids is 1. The van der Waals surface area contributed by atoms with Gasteiger partial charge in [0.2, 0.25) is 10.0 Å². The average Bonchev–Trinajstić information content (AvgIpc) is 3.25. The first-order valence-corrected chi connectivity index (χ1v) is 12.3. The Hall–Kier alpha value is -3.17. The summed E-state index contributed by atoms with van der Waals surface area (Å²) >= 11 is 0. The Morgan fingerprint density at radius 2 is 1.81 bits per heavy atom. The standard InChI is InChI=1S/C23H26N4O4S/c1-31-20-10-6-7-17(15-20)22-21(16-27(25-22)19-8-4-3-5-9-19)23(28)24-18-11-13-26(14-12-18)32(2,29)30/h3-10,15-16,18H,11-14H2,1-2H3,(H,24,28). The zero-order chi connectivity index (χ0) is 22.7. The smallest absolute Gasteiger partial charge is 0.255 e. The fraction of sp³-hybridized carbons (Fsp3) is 0.304. The van der Waals surface area contributed by atoms with Gasteiger partial charge >= 0.3 is 0 Å². The van der Waals surface area contributed by atoms with Crippen LogP contribution in [0.4, 0.5) is 0 Å². The normalized spacial score (nSPS) is 15.4. The summed E-state index contributed by atoms with van der Waals surface area (Å²) in [6.45, 7) is 0.797. The van der Waals surface area contributed by atoms with Crippen molar-refractivity contribution in [2.45, 2.75) is 18.9 Å². The highest BCUT2D eigenvalue weighted by Gasteiger charge is 2.27. The molecular formula is C23H26N4O4S. The van der Waals surface area contributed by atoms with E-state index in [0.717, 1.165) is 11.3 Å². The highest BCUT2D eigenvalue weighted by molar-refractivity contribution is 7.88. The number of para-hydroxylation sites is 1. The monoisotopic (exact) mass is 454 g/mol. The van der Waals surface area contributed by atoms with E-state index in [9.17, 15) is 13.2 Å². The van der Waals surface area contributed by atoms with E-state index in [2.05, 4.69) is 5.32 Å². The molecule has 168 valence electrons. The predicted octanol–water partition coefficient (Wildman–Crippen LogP) is 2.70. The number of hydrogen-bond donors (Lipinski definition) is 1. The van der Waals surface area contributed by atoms with Crippen molar-refractivity contribution in [3.05, 3.63) is 66.4 Å². The van der Waals surface area contributed by atoms with Crippen molar-refractivity contribution in [2.75, 3.05) is 26.5 Å². The summed E-state index contributed by atoms with van der Waals surface area (Å²) < 4.78 is 32.0. The Morgan fingerprint density at radius 3 is 2.47 bits per heavy atom. The van der Waals surface area contributed by atoms with Crippen LogP contribution in [-0.4, -0.2) is 60.9 Å². The highest BCUT2D eigenvalue weighted by atomic mass is 32.2. The summed E-state index contributed by atoms with van der Waals surface area (Å²) in [6, 6.07) is 16.9. The fourth-order valence-corrected chi connectivity index (χ4v) is 4.71. The van der Waals surface area contributed by atoms with E-state index >= 15 is 0 Å². The lowest BCUT2D eigenvalue weighted by Crippen LogP contribution is -2.46. The molecular weight excluding hydrogens is 428 g/mol. The molecule has 1 fully saturated rings. The van der Waals surface area contributed by atoms with Gasteiger partial charge in [0.25, 0.3) is 5.91 Å². The molecule has 3 aromatic rings. The van der Waals surface area contributed by atoms with Gasteiger partial charge in [-0.2, -0.15) is 5.10 Å². The van der Waals surface area contributed by atoms with Gasteiger partial charge in [-0.3, -0.25) is 4.79 Å². The van der Waals surface area contributed by atoms with E-state index in [4.69, 9.17) is 9.84 Å². The van der Waals surface area contributed by atoms with Gasteiger partial charge in [0.15, 0.2) is 0 Å². The lowest BCUT2D eigenvalue weighted by Gasteiger charge is -2.30. The summed E-state index contributed by atoms with van der Waals surface area (Å²) in [7, 11) is -1.62. The van der Waals surface area contributed by atoms with Crippen LogP contribution in [0.3, 0.4) is 0 Å². The first-order chi connectivity index (χ1) is 15.3. The van der Waals surface area contributed by atoms with Crippen molar-refractivity contribution in [1.29, 1.82) is 0 Å². The second-order valence-corrected chi connectivity index (χ2v) is 9.80. The van der Waals surface area contributed by atoms with Crippen LogP contribution in [0.15, 0.2) is 60.8 Å². The largest absolute Gasteiger partial charge is 0.497 e. The number of aromatic nitrogens is 2. The van der Waals surface area contributed by atoms with Gasteiger partial charge in [-0.15, -0.1) is 0 Å². The van der Waals surface area contributed by atoms with Crippen molar-refractivity contribution in [1.82, 2.24) is 19.4 Å². The number of methoxy groups -OCH3 is 1. The number of piperidine rings is 1. The number of nitrogens with one attached hydrogen (secondary N) is 1. The van der Waals surface area contributed by atoms with Crippen LogP contribution in [-0.2, 0) is 10.0 Å². The van der Waals surface area contributed by atoms with Crippen molar-refractivity contribution in [2.24, 2.45) is 0 Å². The molecule has 0 saturated carbocycles. The topological polar surface area (TPSA) is 93.5 Å². The number of rotatable bonds is 6. The number of nitrogens with zero attached hydrogens (tertiary/aromatic N) is 3. The minimum Gasteiger partial charge on any atom is -0.497 e. The molecule has 0 aliphatic carbocycles. The van der Waals surface area contributed by atoms with E-state index in [1.807, 2.05) is 54.6 Å². The third kappa shape index (κ3) is 4.84. The van der Waals surface area contributed by atoms with Gasteiger partial charge in [0, 0.05) is 30.9 Å². The van der Waals surface area contributed by atoms with Crippen LogP contribution in [0.1, 0.15) is 23.2 Å². The Kier molecular flexibility index (Phi) is 6.29. The van der Waals surface area contributed by atoms with Gasteiger partial charge in [-0.1, -0.05) is 30.3 Å². The number of sulfonamides is 1. The Bertz CT molecular complexity index is 1200. The minimum absolute atomic E-state index is 0.0984. The fourth-order valence-electron chi connectivity index (χ4n) is 3.83. The van der Waals surface area contributed by atoms with E-state index < -0.39 is 10.0 Å². The number of hydrogen-bond acceptors (Lipinski definition) is 5. The summed E-state index contributed by atoms with van der Waals surface area (Å²) in [6.07, 6.45) is 4.08. The highest BCUT2D eigenvalue weighted by Crippen LogP contribution is 2.27. The molecule has 0 bridgehead atoms. The average molecular weight is 455 g/mol. The van der Waals surface area contributed by atoms with Gasteiger partial charge in [-0.05, 0) is 37.1 Å². The Balaban J connectivity index is 1.62. The molecule has 0 atom stereocenters. The van der Waals surface area contributed by atoms with Gasteiger partial charge < -0.3 is 10.1 Å². The third-order valence-corrected chi connectivity index (χ3v) is 6.88. The predicted molar refractivity (Wildman–Crippen MR) is 122 cm³/mol. The zero-order valence-electron chi connectivity index (χ0n) is 18.1. The molecule has 32 heavy (non-hydrogen) atoms. The van der Waals surface area contributed by atoms with Gasteiger partial charge in [0.05, 0.1) is 24.6 Å². The molecule has 9 heteroatoms. The number of benzene rings is 2. The summed E-state index contributed by atoms with van der Waals surface area (Å²) in [5, 5.41) is 7.76. The van der Waals surface area contributed by atoms with Crippen LogP contribution in [0.25, 0.3) is 16.9 Å². The van der Waals surface area contributed by atoms with Crippen LogP contribution < -0.4 is 10.1 Å². The second kappa shape index (κ2) is 9.13. The Morgan fingerprint density at radius 1 is 1.09 bits per heavy atom. The van der Waals surface area contributed by atoms with E-state index in [-0.39, 0.29) is 11.9 Å². The third-order valence-electron chi connectivity index (χ3n) is 5.58. The molecule has 2 heterocycles. The zero-order valence-corrected chi connectivity index (χ0v) is 18.9. The molecule has 1 N–H and O–H groups in total. The molecule has 0 unspecified atom stereocenters. The van der Waals surface area contributed by atoms with Gasteiger partial charge in [-0.25, -0.2) is 17.4 Å². The first kappa shape index (κ1) is 22.0. The number of ether oxygens (including phenoxy) is 1. The summed E-state index contributed by atoms with van der Waals surface area (Å²) in [4.78, 5) is 13.3. The maximum Gasteiger partial charge on any atom is 0.255 e. The van der Waals surface area contributed by atoms with Crippen molar-refractivity contribution >= 4 is 15.9 Å².